The standard InChI is InChI=1S/C29H38N4O3Si/c1-19(2)35-26-14-11-20(17-21(26)18-30)28-32-27(33-36-28)24-10-8-9-23-22(24)12-13-25(23)31-15-16-34-37(6,7)29(3,4)5/h8-11,14,17,19,25,31H,12-13,15-16H2,1-7H3. The third kappa shape index (κ3) is 5.95. The van der Waals surface area contributed by atoms with Crippen LogP contribution in [-0.4, -0.2) is 37.7 Å². The molecule has 1 unspecified atom stereocenters. The van der Waals surface area contributed by atoms with Gasteiger partial charge < -0.3 is 19.0 Å². The van der Waals surface area contributed by atoms with Gasteiger partial charge in [0.15, 0.2) is 8.32 Å². The molecule has 37 heavy (non-hydrogen) atoms. The topological polar surface area (TPSA) is 93.2 Å². The Morgan fingerprint density at radius 1 is 1.22 bits per heavy atom. The predicted molar refractivity (Wildman–Crippen MR) is 148 cm³/mol. The van der Waals surface area contributed by atoms with E-state index in [1.54, 1.807) is 12.1 Å². The monoisotopic (exact) mass is 518 g/mol. The second kappa shape index (κ2) is 10.8. The fourth-order valence-electron chi connectivity index (χ4n) is 4.39. The molecule has 0 spiro atoms. The first-order chi connectivity index (χ1) is 17.5. The highest BCUT2D eigenvalue weighted by molar-refractivity contribution is 6.74. The van der Waals surface area contributed by atoms with Crippen LogP contribution in [-0.2, 0) is 10.8 Å². The third-order valence-corrected chi connectivity index (χ3v) is 11.9. The molecular formula is C29H38N4O3Si. The average molecular weight is 519 g/mol. The number of nitrogens with zero attached hydrogens (tertiary/aromatic N) is 3. The molecule has 1 aromatic heterocycles. The molecule has 1 aliphatic rings. The van der Waals surface area contributed by atoms with E-state index in [1.165, 1.54) is 11.1 Å². The summed E-state index contributed by atoms with van der Waals surface area (Å²) >= 11 is 0. The number of hydrogen-bond donors (Lipinski definition) is 1. The molecule has 0 bridgehead atoms. The molecule has 0 amide bonds. The summed E-state index contributed by atoms with van der Waals surface area (Å²) < 4.78 is 17.7. The van der Waals surface area contributed by atoms with Gasteiger partial charge in [0.05, 0.1) is 11.7 Å². The molecule has 0 aliphatic heterocycles. The molecule has 1 aliphatic carbocycles. The lowest BCUT2D eigenvalue weighted by Crippen LogP contribution is -2.42. The highest BCUT2D eigenvalue weighted by Gasteiger charge is 2.37. The Bertz CT molecular complexity index is 1290. The molecular weight excluding hydrogens is 480 g/mol. The van der Waals surface area contributed by atoms with Gasteiger partial charge in [0.2, 0.25) is 5.82 Å². The van der Waals surface area contributed by atoms with Crippen LogP contribution in [0.4, 0.5) is 0 Å². The van der Waals surface area contributed by atoms with Gasteiger partial charge in [0.1, 0.15) is 11.8 Å². The van der Waals surface area contributed by atoms with Crippen LogP contribution in [0.5, 0.6) is 5.75 Å². The van der Waals surface area contributed by atoms with E-state index in [4.69, 9.17) is 13.7 Å². The molecule has 8 heteroatoms. The number of nitrogens with one attached hydrogen (secondary N) is 1. The highest BCUT2D eigenvalue weighted by Crippen LogP contribution is 2.38. The summed E-state index contributed by atoms with van der Waals surface area (Å²) in [5.41, 5.74) is 4.68. The third-order valence-electron chi connectivity index (χ3n) is 7.41. The summed E-state index contributed by atoms with van der Waals surface area (Å²) in [4.78, 5) is 4.68. The van der Waals surface area contributed by atoms with Crippen LogP contribution >= 0.6 is 0 Å². The smallest absolute Gasteiger partial charge is 0.258 e. The summed E-state index contributed by atoms with van der Waals surface area (Å²) in [7, 11) is -1.74. The minimum Gasteiger partial charge on any atom is -0.490 e. The molecule has 2 aromatic carbocycles. The molecule has 0 saturated carbocycles. The zero-order valence-corrected chi connectivity index (χ0v) is 24.0. The Kier molecular flexibility index (Phi) is 7.88. The maximum atomic E-state index is 9.56. The van der Waals surface area contributed by atoms with Crippen molar-refractivity contribution in [3.05, 3.63) is 53.1 Å². The number of nitriles is 1. The average Bonchev–Trinajstić information content (AvgIpc) is 3.49. The Balaban J connectivity index is 1.47. The maximum absolute atomic E-state index is 9.56. The van der Waals surface area contributed by atoms with E-state index in [0.717, 1.165) is 31.6 Å². The first-order valence-electron chi connectivity index (χ1n) is 13.0. The Labute approximate surface area is 221 Å². The second-order valence-corrected chi connectivity index (χ2v) is 16.2. The molecule has 0 saturated heterocycles. The van der Waals surface area contributed by atoms with E-state index in [0.29, 0.717) is 28.6 Å². The van der Waals surface area contributed by atoms with Gasteiger partial charge in [-0.25, -0.2) is 0 Å². The molecule has 3 aromatic rings. The van der Waals surface area contributed by atoms with Crippen molar-refractivity contribution in [3.63, 3.8) is 0 Å². The van der Waals surface area contributed by atoms with Crippen LogP contribution in [0.25, 0.3) is 22.8 Å². The Morgan fingerprint density at radius 2 is 2.00 bits per heavy atom. The largest absolute Gasteiger partial charge is 0.490 e. The molecule has 4 rings (SSSR count). The minimum absolute atomic E-state index is 0.0174. The summed E-state index contributed by atoms with van der Waals surface area (Å²) in [5, 5.41) is 17.7. The second-order valence-electron chi connectivity index (χ2n) is 11.4. The van der Waals surface area contributed by atoms with E-state index in [-0.39, 0.29) is 17.2 Å². The first-order valence-corrected chi connectivity index (χ1v) is 16.0. The van der Waals surface area contributed by atoms with Gasteiger partial charge in [-0.1, -0.05) is 44.1 Å². The first kappa shape index (κ1) is 27.1. The van der Waals surface area contributed by atoms with Gasteiger partial charge in [-0.05, 0) is 74.1 Å². The number of rotatable bonds is 9. The summed E-state index contributed by atoms with van der Waals surface area (Å²) in [6, 6.07) is 14.1. The van der Waals surface area contributed by atoms with Crippen molar-refractivity contribution in [1.29, 1.82) is 5.26 Å². The van der Waals surface area contributed by atoms with Crippen molar-refractivity contribution in [1.82, 2.24) is 15.5 Å². The van der Waals surface area contributed by atoms with Gasteiger partial charge >= 0.3 is 0 Å². The molecule has 196 valence electrons. The van der Waals surface area contributed by atoms with Crippen molar-refractivity contribution >= 4 is 8.32 Å². The Morgan fingerprint density at radius 3 is 2.70 bits per heavy atom. The number of ether oxygens (including phenoxy) is 1. The van der Waals surface area contributed by atoms with Crippen LogP contribution in [0.3, 0.4) is 0 Å². The van der Waals surface area contributed by atoms with E-state index in [2.05, 4.69) is 73.6 Å². The molecule has 1 heterocycles. The summed E-state index contributed by atoms with van der Waals surface area (Å²) in [6.45, 7) is 16.8. The van der Waals surface area contributed by atoms with Gasteiger partial charge in [-0.2, -0.15) is 10.2 Å². The van der Waals surface area contributed by atoms with E-state index < -0.39 is 8.32 Å². The molecule has 0 radical (unpaired) electrons. The summed E-state index contributed by atoms with van der Waals surface area (Å²) in [5.74, 6) is 1.50. The maximum Gasteiger partial charge on any atom is 0.258 e. The SMILES string of the molecule is CC(C)Oc1ccc(-c2nc(-c3cccc4c3CCC4NCCO[Si](C)(C)C(C)(C)C)no2)cc1C#N. The van der Waals surface area contributed by atoms with E-state index in [1.807, 2.05) is 19.9 Å². The number of fused-ring (bicyclic) bond motifs is 1. The lowest BCUT2D eigenvalue weighted by atomic mass is 10.0. The quantitative estimate of drug-likeness (QED) is 0.250. The lowest BCUT2D eigenvalue weighted by molar-refractivity contribution is 0.241. The van der Waals surface area contributed by atoms with E-state index >= 15 is 0 Å². The molecule has 0 fully saturated rings. The fourth-order valence-corrected chi connectivity index (χ4v) is 5.43. The van der Waals surface area contributed by atoms with Crippen molar-refractivity contribution in [3.8, 4) is 34.7 Å². The lowest BCUT2D eigenvalue weighted by Gasteiger charge is -2.36. The van der Waals surface area contributed by atoms with Crippen LogP contribution in [0.1, 0.15) is 63.8 Å². The predicted octanol–water partition coefficient (Wildman–Crippen LogP) is 6.66. The van der Waals surface area contributed by atoms with Gasteiger partial charge in [-0.3, -0.25) is 0 Å². The fraction of sp³-hybridized carbons (Fsp3) is 0.483. The molecule has 7 nitrogen and oxygen atoms in total. The van der Waals surface area contributed by atoms with Crippen LogP contribution < -0.4 is 10.1 Å². The number of aromatic nitrogens is 2. The normalized spacial score (nSPS) is 15.6. The molecule has 1 atom stereocenters. The number of benzene rings is 2. The van der Waals surface area contributed by atoms with Crippen LogP contribution in [0.15, 0.2) is 40.9 Å². The van der Waals surface area contributed by atoms with E-state index in [9.17, 15) is 5.26 Å². The van der Waals surface area contributed by atoms with Crippen molar-refractivity contribution in [2.24, 2.45) is 0 Å². The highest BCUT2D eigenvalue weighted by atomic mass is 28.4. The van der Waals surface area contributed by atoms with Gasteiger partial charge in [0.25, 0.3) is 5.89 Å². The van der Waals surface area contributed by atoms with Gasteiger partial charge in [0, 0.05) is 30.3 Å². The van der Waals surface area contributed by atoms with Crippen molar-refractivity contribution < 1.29 is 13.7 Å². The zero-order chi connectivity index (χ0) is 26.8. The van der Waals surface area contributed by atoms with Gasteiger partial charge in [-0.15, -0.1) is 0 Å². The van der Waals surface area contributed by atoms with Crippen molar-refractivity contribution in [2.75, 3.05) is 13.2 Å². The zero-order valence-electron chi connectivity index (χ0n) is 23.0. The minimum atomic E-state index is -1.74. The van der Waals surface area contributed by atoms with Crippen LogP contribution in [0, 0.1) is 11.3 Å². The van der Waals surface area contributed by atoms with Crippen molar-refractivity contribution in [2.45, 2.75) is 77.7 Å². The summed E-state index contributed by atoms with van der Waals surface area (Å²) in [6.07, 6.45) is 1.96. The van der Waals surface area contributed by atoms with Crippen LogP contribution in [0.2, 0.25) is 18.1 Å². The Hall–Kier alpha value is -2.99. The number of hydrogen-bond acceptors (Lipinski definition) is 7. The molecule has 1 N–H and O–H groups in total.